The standard InChI is InChI=1S/C17H16ClNO2/c18-14-8-16-17(21-10-20-16)9-15(14)19-13-6-5-11-3-1-2-4-12(11)7-13/h1-4,8-9,13,19H,5-7,10H2. The van der Waals surface area contributed by atoms with Crippen molar-refractivity contribution < 1.29 is 9.47 Å². The summed E-state index contributed by atoms with van der Waals surface area (Å²) in [7, 11) is 0. The minimum absolute atomic E-state index is 0.270. The zero-order valence-corrected chi connectivity index (χ0v) is 12.3. The molecule has 0 fully saturated rings. The van der Waals surface area contributed by atoms with E-state index in [0.29, 0.717) is 11.1 Å². The van der Waals surface area contributed by atoms with E-state index in [1.165, 1.54) is 11.1 Å². The van der Waals surface area contributed by atoms with E-state index in [4.69, 9.17) is 21.1 Å². The molecule has 4 heteroatoms. The number of rotatable bonds is 2. The van der Waals surface area contributed by atoms with Gasteiger partial charge in [-0.2, -0.15) is 0 Å². The molecule has 21 heavy (non-hydrogen) atoms. The summed E-state index contributed by atoms with van der Waals surface area (Å²) in [5, 5.41) is 4.23. The first kappa shape index (κ1) is 12.8. The number of hydrogen-bond donors (Lipinski definition) is 1. The maximum Gasteiger partial charge on any atom is 0.231 e. The van der Waals surface area contributed by atoms with E-state index < -0.39 is 0 Å². The first-order valence-corrected chi connectivity index (χ1v) is 7.60. The van der Waals surface area contributed by atoms with E-state index in [9.17, 15) is 0 Å². The lowest BCUT2D eigenvalue weighted by atomic mass is 9.88. The molecule has 1 atom stereocenters. The lowest BCUT2D eigenvalue weighted by Gasteiger charge is -2.26. The molecule has 1 heterocycles. The Labute approximate surface area is 128 Å². The first-order chi connectivity index (χ1) is 10.3. The van der Waals surface area contributed by atoms with Crippen molar-refractivity contribution in [1.29, 1.82) is 0 Å². The van der Waals surface area contributed by atoms with Gasteiger partial charge in [0, 0.05) is 18.2 Å². The Morgan fingerprint density at radius 3 is 2.67 bits per heavy atom. The Kier molecular flexibility index (Phi) is 3.15. The van der Waals surface area contributed by atoms with Gasteiger partial charge in [-0.1, -0.05) is 35.9 Å². The van der Waals surface area contributed by atoms with Crippen LogP contribution in [0.2, 0.25) is 5.02 Å². The van der Waals surface area contributed by atoms with Crippen molar-refractivity contribution in [1.82, 2.24) is 0 Å². The minimum Gasteiger partial charge on any atom is -0.454 e. The van der Waals surface area contributed by atoms with E-state index in [-0.39, 0.29) is 6.79 Å². The molecule has 0 saturated carbocycles. The molecule has 1 N–H and O–H groups in total. The zero-order chi connectivity index (χ0) is 14.2. The van der Waals surface area contributed by atoms with Gasteiger partial charge in [0.2, 0.25) is 6.79 Å². The summed E-state index contributed by atoms with van der Waals surface area (Å²) < 4.78 is 10.8. The summed E-state index contributed by atoms with van der Waals surface area (Å²) in [6, 6.07) is 12.8. The maximum atomic E-state index is 6.33. The van der Waals surface area contributed by atoms with Crippen LogP contribution in [0.3, 0.4) is 0 Å². The number of nitrogens with one attached hydrogen (secondary N) is 1. The highest BCUT2D eigenvalue weighted by Crippen LogP contribution is 2.40. The van der Waals surface area contributed by atoms with Gasteiger partial charge in [0.1, 0.15) is 0 Å². The predicted octanol–water partition coefficient (Wildman–Crippen LogP) is 4.04. The third-order valence-electron chi connectivity index (χ3n) is 4.17. The molecule has 0 amide bonds. The smallest absolute Gasteiger partial charge is 0.231 e. The van der Waals surface area contributed by atoms with Crippen LogP contribution in [0, 0.1) is 0 Å². The monoisotopic (exact) mass is 301 g/mol. The van der Waals surface area contributed by atoms with E-state index in [0.717, 1.165) is 36.4 Å². The van der Waals surface area contributed by atoms with E-state index in [2.05, 4.69) is 29.6 Å². The van der Waals surface area contributed by atoms with Crippen molar-refractivity contribution in [2.45, 2.75) is 25.3 Å². The minimum atomic E-state index is 0.270. The Balaban J connectivity index is 1.55. The number of hydrogen-bond acceptors (Lipinski definition) is 3. The Morgan fingerprint density at radius 2 is 1.81 bits per heavy atom. The molecule has 0 saturated heterocycles. The number of ether oxygens (including phenoxy) is 2. The number of halogens is 1. The second-order valence-electron chi connectivity index (χ2n) is 5.54. The molecule has 4 rings (SSSR count). The maximum absolute atomic E-state index is 6.33. The quantitative estimate of drug-likeness (QED) is 0.908. The molecule has 2 aromatic carbocycles. The van der Waals surface area contributed by atoms with Crippen LogP contribution >= 0.6 is 11.6 Å². The van der Waals surface area contributed by atoms with E-state index >= 15 is 0 Å². The van der Waals surface area contributed by atoms with Crippen LogP contribution in [0.25, 0.3) is 0 Å². The summed E-state index contributed by atoms with van der Waals surface area (Å²) in [4.78, 5) is 0. The fourth-order valence-electron chi connectivity index (χ4n) is 3.07. The zero-order valence-electron chi connectivity index (χ0n) is 11.6. The average molecular weight is 302 g/mol. The van der Waals surface area contributed by atoms with Crippen LogP contribution < -0.4 is 14.8 Å². The molecule has 0 aromatic heterocycles. The molecular weight excluding hydrogens is 286 g/mol. The van der Waals surface area contributed by atoms with Gasteiger partial charge in [0.15, 0.2) is 11.5 Å². The summed E-state index contributed by atoms with van der Waals surface area (Å²) in [6.07, 6.45) is 3.25. The summed E-state index contributed by atoms with van der Waals surface area (Å²) in [6.45, 7) is 0.270. The normalized spacial score (nSPS) is 19.2. The fourth-order valence-corrected chi connectivity index (χ4v) is 3.28. The number of anilines is 1. The lowest BCUT2D eigenvalue weighted by Crippen LogP contribution is -2.27. The molecule has 2 aliphatic rings. The van der Waals surface area contributed by atoms with Gasteiger partial charge in [-0.05, 0) is 30.4 Å². The molecular formula is C17H16ClNO2. The fraction of sp³-hybridized carbons (Fsp3) is 0.294. The summed E-state index contributed by atoms with van der Waals surface area (Å²) in [5.74, 6) is 1.48. The number of fused-ring (bicyclic) bond motifs is 2. The Morgan fingerprint density at radius 1 is 1.05 bits per heavy atom. The Hall–Kier alpha value is -1.87. The third-order valence-corrected chi connectivity index (χ3v) is 4.48. The molecule has 1 aliphatic heterocycles. The van der Waals surface area contributed by atoms with Gasteiger partial charge in [0.25, 0.3) is 0 Å². The second kappa shape index (κ2) is 5.15. The third kappa shape index (κ3) is 2.42. The summed E-state index contributed by atoms with van der Waals surface area (Å²) in [5.41, 5.74) is 3.82. The first-order valence-electron chi connectivity index (χ1n) is 7.22. The molecule has 108 valence electrons. The van der Waals surface area contributed by atoms with Crippen LogP contribution in [0.5, 0.6) is 11.5 Å². The van der Waals surface area contributed by atoms with Gasteiger partial charge in [-0.25, -0.2) is 0 Å². The largest absolute Gasteiger partial charge is 0.454 e. The highest BCUT2D eigenvalue weighted by Gasteiger charge is 2.21. The highest BCUT2D eigenvalue weighted by atomic mass is 35.5. The SMILES string of the molecule is Clc1cc2c(cc1NC1CCc3ccccc3C1)OCO2. The van der Waals surface area contributed by atoms with Gasteiger partial charge >= 0.3 is 0 Å². The molecule has 3 nitrogen and oxygen atoms in total. The van der Waals surface area contributed by atoms with Gasteiger partial charge in [-0.3, -0.25) is 0 Å². The van der Waals surface area contributed by atoms with Gasteiger partial charge < -0.3 is 14.8 Å². The molecule has 0 radical (unpaired) electrons. The molecule has 1 unspecified atom stereocenters. The van der Waals surface area contributed by atoms with Crippen LogP contribution in [0.15, 0.2) is 36.4 Å². The number of benzene rings is 2. The van der Waals surface area contributed by atoms with Crippen LogP contribution in [-0.2, 0) is 12.8 Å². The van der Waals surface area contributed by atoms with Crippen LogP contribution in [0.1, 0.15) is 17.5 Å². The van der Waals surface area contributed by atoms with Crippen molar-refractivity contribution >= 4 is 17.3 Å². The van der Waals surface area contributed by atoms with E-state index in [1.807, 2.05) is 12.1 Å². The lowest BCUT2D eigenvalue weighted by molar-refractivity contribution is 0.174. The highest BCUT2D eigenvalue weighted by molar-refractivity contribution is 6.33. The van der Waals surface area contributed by atoms with Crippen LogP contribution in [0.4, 0.5) is 5.69 Å². The second-order valence-corrected chi connectivity index (χ2v) is 5.95. The van der Waals surface area contributed by atoms with E-state index in [1.54, 1.807) is 0 Å². The number of aryl methyl sites for hydroxylation is 1. The van der Waals surface area contributed by atoms with Crippen LogP contribution in [-0.4, -0.2) is 12.8 Å². The molecule has 2 aromatic rings. The van der Waals surface area contributed by atoms with Crippen molar-refractivity contribution in [3.05, 3.63) is 52.5 Å². The van der Waals surface area contributed by atoms with Gasteiger partial charge in [0.05, 0.1) is 10.7 Å². The van der Waals surface area contributed by atoms with Crippen molar-refractivity contribution in [2.24, 2.45) is 0 Å². The van der Waals surface area contributed by atoms with Crippen molar-refractivity contribution in [3.8, 4) is 11.5 Å². The molecule has 0 spiro atoms. The van der Waals surface area contributed by atoms with Crippen molar-refractivity contribution in [2.75, 3.05) is 12.1 Å². The Bertz CT molecular complexity index is 686. The van der Waals surface area contributed by atoms with Gasteiger partial charge in [-0.15, -0.1) is 0 Å². The molecule has 0 bridgehead atoms. The molecule has 1 aliphatic carbocycles. The average Bonchev–Trinajstić information content (AvgIpc) is 2.94. The topological polar surface area (TPSA) is 30.5 Å². The predicted molar refractivity (Wildman–Crippen MR) is 83.5 cm³/mol. The van der Waals surface area contributed by atoms with Crippen molar-refractivity contribution in [3.63, 3.8) is 0 Å². The summed E-state index contributed by atoms with van der Waals surface area (Å²) >= 11 is 6.33.